The van der Waals surface area contributed by atoms with Crippen LogP contribution in [-0.2, 0) is 15.0 Å². The van der Waals surface area contributed by atoms with E-state index in [4.69, 9.17) is 24.4 Å². The summed E-state index contributed by atoms with van der Waals surface area (Å²) in [6, 6.07) is 1.62. The van der Waals surface area contributed by atoms with E-state index in [1.807, 2.05) is 0 Å². The van der Waals surface area contributed by atoms with Crippen LogP contribution in [0, 0.1) is 0 Å². The maximum atomic E-state index is 5.85. The maximum absolute atomic E-state index is 5.85. The van der Waals surface area contributed by atoms with Gasteiger partial charge in [-0.25, -0.2) is 0 Å². The number of rotatable bonds is 18. The first kappa shape index (κ1) is 47.4. The second kappa shape index (κ2) is 19.6. The van der Waals surface area contributed by atoms with Gasteiger partial charge in [0.05, 0.1) is 32.0 Å². The molecule has 4 aliphatic rings. The average Bonchev–Trinajstić information content (AvgIpc) is 3.19. The fourth-order valence-electron chi connectivity index (χ4n) is 11.6. The van der Waals surface area contributed by atoms with Gasteiger partial charge in [-0.1, -0.05) is 40.5 Å². The fraction of sp³-hybridized carbons (Fsp3) is 0.936. The molecule has 0 atom stereocenters. The van der Waals surface area contributed by atoms with Gasteiger partial charge in [-0.15, -0.1) is 0 Å². The molecule has 5 heterocycles. The molecule has 0 aliphatic carbocycles. The highest BCUT2D eigenvalue weighted by molar-refractivity contribution is 5.42. The molecular formula is C47H89N9O2. The van der Waals surface area contributed by atoms with Crippen molar-refractivity contribution in [2.75, 3.05) is 89.6 Å². The average molecular weight is 812 g/mol. The molecule has 5 rings (SSSR count). The highest BCUT2D eigenvalue weighted by atomic mass is 16.5. The third kappa shape index (κ3) is 10.5. The van der Waals surface area contributed by atoms with Gasteiger partial charge < -0.3 is 19.3 Å². The van der Waals surface area contributed by atoms with Crippen LogP contribution in [0.5, 0.6) is 0 Å². The third-order valence-corrected chi connectivity index (χ3v) is 15.8. The number of unbranched alkanes of at least 4 members (excludes halogenated alkanes) is 3. The number of aromatic nitrogens is 3. The maximum Gasteiger partial charge on any atom is 0.230 e. The molecule has 0 amide bonds. The Bertz CT molecular complexity index is 1380. The zero-order chi connectivity index (χ0) is 42.5. The van der Waals surface area contributed by atoms with E-state index in [1.54, 1.807) is 0 Å². The van der Waals surface area contributed by atoms with Crippen molar-refractivity contribution in [2.24, 2.45) is 0 Å². The molecule has 0 spiro atoms. The summed E-state index contributed by atoms with van der Waals surface area (Å²) in [7, 11) is 4.65. The Kier molecular flexibility index (Phi) is 16.0. The van der Waals surface area contributed by atoms with Crippen LogP contribution < -0.4 is 9.80 Å². The highest BCUT2D eigenvalue weighted by Crippen LogP contribution is 2.42. The zero-order valence-electron chi connectivity index (χ0n) is 40.1. The van der Waals surface area contributed by atoms with Gasteiger partial charge in [0.25, 0.3) is 0 Å². The minimum absolute atomic E-state index is 0.0492. The van der Waals surface area contributed by atoms with Crippen LogP contribution in [-0.4, -0.2) is 155 Å². The van der Waals surface area contributed by atoms with Crippen LogP contribution in [0.3, 0.4) is 0 Å². The summed E-state index contributed by atoms with van der Waals surface area (Å²) in [6.45, 7) is 37.4. The van der Waals surface area contributed by atoms with E-state index in [9.17, 15) is 0 Å². The van der Waals surface area contributed by atoms with Crippen LogP contribution in [0.1, 0.15) is 166 Å². The van der Waals surface area contributed by atoms with E-state index < -0.39 is 0 Å². The summed E-state index contributed by atoms with van der Waals surface area (Å²) >= 11 is 0. The lowest BCUT2D eigenvalue weighted by Gasteiger charge is -2.56. The zero-order valence-corrected chi connectivity index (χ0v) is 40.1. The standard InChI is InChI=1S/C47H89N9O2/c1-15-37(16-2)55(38-33-43(5,6)51(13)44(7,8)34-38)23-21-19-20-22-24-56(39-35-45(9,10)52(14)46(11,12)36-39)42-49-40(48-41(50-42)53-25-29-57-30-26-53)47(17-3,18-4)54-27-31-58-32-28-54/h37-39H,15-36H2,1-14H3. The third-order valence-electron chi connectivity index (χ3n) is 15.8. The molecule has 0 saturated carbocycles. The molecule has 11 heteroatoms. The summed E-state index contributed by atoms with van der Waals surface area (Å²) in [5, 5.41) is 0. The van der Waals surface area contributed by atoms with Gasteiger partial charge in [-0.05, 0) is 140 Å². The van der Waals surface area contributed by atoms with E-state index in [0.29, 0.717) is 31.3 Å². The van der Waals surface area contributed by atoms with Crippen molar-refractivity contribution in [2.45, 2.75) is 206 Å². The molecule has 1 aromatic rings. The van der Waals surface area contributed by atoms with Gasteiger partial charge in [0.2, 0.25) is 11.9 Å². The Morgan fingerprint density at radius 3 is 1.57 bits per heavy atom. The van der Waals surface area contributed by atoms with Crippen LogP contribution in [0.4, 0.5) is 11.9 Å². The Morgan fingerprint density at radius 1 is 0.621 bits per heavy atom. The van der Waals surface area contributed by atoms with E-state index in [0.717, 1.165) is 95.8 Å². The number of piperidine rings is 2. The van der Waals surface area contributed by atoms with E-state index in [2.05, 4.69) is 127 Å². The first-order chi connectivity index (χ1) is 27.4. The number of ether oxygens (including phenoxy) is 2. The SMILES string of the molecule is CCC(CC)N(CCCCCCN(c1nc(N2CCOCC2)nc(C(CC)(CC)N2CCOCC2)n1)C1CC(C)(C)N(C)C(C)(C)C1)C1CC(C)(C)N(C)C(C)(C)C1. The van der Waals surface area contributed by atoms with Crippen molar-refractivity contribution in [3.63, 3.8) is 0 Å². The van der Waals surface area contributed by atoms with E-state index in [1.165, 1.54) is 51.5 Å². The largest absolute Gasteiger partial charge is 0.379 e. The van der Waals surface area contributed by atoms with Crippen molar-refractivity contribution in [1.29, 1.82) is 0 Å². The lowest BCUT2D eigenvalue weighted by Crippen LogP contribution is -2.63. The Balaban J connectivity index is 1.41. The van der Waals surface area contributed by atoms with Crippen LogP contribution in [0.2, 0.25) is 0 Å². The van der Waals surface area contributed by atoms with Crippen LogP contribution in [0.15, 0.2) is 0 Å². The Hall–Kier alpha value is -1.63. The van der Waals surface area contributed by atoms with Crippen molar-refractivity contribution in [3.05, 3.63) is 5.82 Å². The van der Waals surface area contributed by atoms with Crippen molar-refractivity contribution in [3.8, 4) is 0 Å². The second-order valence-corrected chi connectivity index (χ2v) is 21.0. The number of likely N-dealkylation sites (tertiary alicyclic amines) is 2. The number of hydrogen-bond acceptors (Lipinski definition) is 11. The molecule has 0 aromatic carbocycles. The molecule has 4 saturated heterocycles. The van der Waals surface area contributed by atoms with E-state index >= 15 is 0 Å². The number of anilines is 2. The molecule has 0 N–H and O–H groups in total. The lowest BCUT2D eigenvalue weighted by atomic mass is 9.76. The molecular weight excluding hydrogens is 723 g/mol. The van der Waals surface area contributed by atoms with Gasteiger partial charge >= 0.3 is 0 Å². The summed E-state index contributed by atoms with van der Waals surface area (Å²) in [5.74, 6) is 2.63. The highest BCUT2D eigenvalue weighted by Gasteiger charge is 2.47. The molecule has 4 aliphatic heterocycles. The number of hydrogen-bond donors (Lipinski definition) is 0. The van der Waals surface area contributed by atoms with Crippen molar-refractivity contribution in [1.82, 2.24) is 34.6 Å². The molecule has 4 fully saturated rings. The fourth-order valence-corrected chi connectivity index (χ4v) is 11.6. The van der Waals surface area contributed by atoms with Crippen molar-refractivity contribution >= 4 is 11.9 Å². The van der Waals surface area contributed by atoms with Crippen LogP contribution >= 0.6 is 0 Å². The first-order valence-corrected chi connectivity index (χ1v) is 23.8. The number of nitrogens with zero attached hydrogens (tertiary/aromatic N) is 9. The smallest absolute Gasteiger partial charge is 0.230 e. The van der Waals surface area contributed by atoms with Gasteiger partial charge in [0.1, 0.15) is 0 Å². The van der Waals surface area contributed by atoms with Gasteiger partial charge in [0, 0.05) is 73.0 Å². The molecule has 0 unspecified atom stereocenters. The van der Waals surface area contributed by atoms with Gasteiger partial charge in [-0.3, -0.25) is 19.6 Å². The topological polar surface area (TPSA) is 76.6 Å². The van der Waals surface area contributed by atoms with Crippen molar-refractivity contribution < 1.29 is 9.47 Å². The Morgan fingerprint density at radius 2 is 1.09 bits per heavy atom. The molecule has 1 aromatic heterocycles. The van der Waals surface area contributed by atoms with E-state index in [-0.39, 0.29) is 27.7 Å². The minimum atomic E-state index is -0.265. The predicted octanol–water partition coefficient (Wildman–Crippen LogP) is 8.22. The quantitative estimate of drug-likeness (QED) is 0.135. The number of morpholine rings is 2. The second-order valence-electron chi connectivity index (χ2n) is 21.0. The first-order valence-electron chi connectivity index (χ1n) is 23.8. The molecule has 11 nitrogen and oxygen atoms in total. The lowest BCUT2D eigenvalue weighted by molar-refractivity contribution is -0.0579. The molecule has 0 radical (unpaired) electrons. The molecule has 0 bridgehead atoms. The summed E-state index contributed by atoms with van der Waals surface area (Å²) < 4.78 is 11.7. The molecule has 58 heavy (non-hydrogen) atoms. The summed E-state index contributed by atoms with van der Waals surface area (Å²) in [6.07, 6.45) is 13.8. The van der Waals surface area contributed by atoms with Crippen LogP contribution in [0.25, 0.3) is 0 Å². The normalized spacial score (nSPS) is 23.9. The monoisotopic (exact) mass is 812 g/mol. The molecule has 334 valence electrons. The Labute approximate surface area is 356 Å². The van der Waals surface area contributed by atoms with Gasteiger partial charge in [-0.2, -0.15) is 15.0 Å². The summed E-state index contributed by atoms with van der Waals surface area (Å²) in [4.78, 5) is 32.2. The summed E-state index contributed by atoms with van der Waals surface area (Å²) in [5.41, 5.74) is 0.229. The predicted molar refractivity (Wildman–Crippen MR) is 242 cm³/mol. The minimum Gasteiger partial charge on any atom is -0.379 e. The van der Waals surface area contributed by atoms with Gasteiger partial charge in [0.15, 0.2) is 5.82 Å².